The predicted octanol–water partition coefficient (Wildman–Crippen LogP) is 3.16. The monoisotopic (exact) mass is 309 g/mol. The first-order valence-electron chi connectivity index (χ1n) is 5.82. The Hall–Kier alpha value is -0.290. The number of hydrogen-bond donors (Lipinski definition) is 1. The molecule has 0 aliphatic carbocycles. The van der Waals surface area contributed by atoms with E-state index < -0.39 is 9.84 Å². The summed E-state index contributed by atoms with van der Waals surface area (Å²) in [7, 11) is -3.48. The van der Waals surface area contributed by atoms with Crippen LogP contribution in [-0.2, 0) is 9.84 Å². The van der Waals surface area contributed by atoms with E-state index in [1.165, 1.54) is 12.1 Å². The smallest absolute Gasteiger partial charge is 0.182 e. The minimum absolute atomic E-state index is 0.000787. The number of hydrogen-bond acceptors (Lipinski definition) is 3. The molecule has 1 aromatic rings. The van der Waals surface area contributed by atoms with Gasteiger partial charge in [0.25, 0.3) is 0 Å². The summed E-state index contributed by atoms with van der Waals surface area (Å²) in [5.41, 5.74) is 0. The quantitative estimate of drug-likeness (QED) is 0.878. The van der Waals surface area contributed by atoms with Crippen LogP contribution in [0.4, 0.5) is 0 Å². The van der Waals surface area contributed by atoms with Crippen molar-refractivity contribution in [2.24, 2.45) is 0 Å². The molecular weight excluding hydrogens is 293 g/mol. The van der Waals surface area contributed by atoms with Gasteiger partial charge < -0.3 is 5.32 Å². The van der Waals surface area contributed by atoms with E-state index >= 15 is 0 Å². The summed E-state index contributed by atoms with van der Waals surface area (Å²) in [6.45, 7) is 4.61. The van der Waals surface area contributed by atoms with Crippen molar-refractivity contribution in [2.45, 2.75) is 31.2 Å². The van der Waals surface area contributed by atoms with Crippen molar-refractivity contribution in [3.05, 3.63) is 28.2 Å². The van der Waals surface area contributed by atoms with Gasteiger partial charge in [-0.25, -0.2) is 8.42 Å². The van der Waals surface area contributed by atoms with Gasteiger partial charge in [-0.2, -0.15) is 0 Å². The van der Waals surface area contributed by atoms with E-state index in [1.807, 2.05) is 13.8 Å². The molecule has 18 heavy (non-hydrogen) atoms. The maximum Gasteiger partial charge on any atom is 0.182 e. The van der Waals surface area contributed by atoms with Crippen LogP contribution in [0.25, 0.3) is 0 Å². The molecule has 0 saturated carbocycles. The molecule has 0 radical (unpaired) electrons. The summed E-state index contributed by atoms with van der Waals surface area (Å²) >= 11 is 11.9. The molecule has 1 unspecified atom stereocenters. The highest BCUT2D eigenvalue weighted by Crippen LogP contribution is 2.30. The van der Waals surface area contributed by atoms with Crippen LogP contribution >= 0.6 is 23.2 Å². The molecule has 1 N–H and O–H groups in total. The average Bonchev–Trinajstić information content (AvgIpc) is 2.27. The molecule has 0 aliphatic rings. The summed E-state index contributed by atoms with van der Waals surface area (Å²) in [5.74, 6) is 0.000787. The predicted molar refractivity (Wildman–Crippen MR) is 76.3 cm³/mol. The first kappa shape index (κ1) is 15.8. The zero-order valence-corrected chi connectivity index (χ0v) is 12.7. The summed E-state index contributed by atoms with van der Waals surface area (Å²) in [4.78, 5) is 0.0321. The number of nitrogens with one attached hydrogen (secondary N) is 1. The minimum atomic E-state index is -3.48. The number of rotatable bonds is 6. The molecule has 6 heteroatoms. The first-order chi connectivity index (χ1) is 8.42. The molecule has 0 saturated heterocycles. The summed E-state index contributed by atoms with van der Waals surface area (Å²) in [6, 6.07) is 4.61. The van der Waals surface area contributed by atoms with Crippen molar-refractivity contribution in [3.8, 4) is 0 Å². The molecule has 1 aromatic carbocycles. The Morgan fingerprint density at radius 1 is 1.22 bits per heavy atom. The Balaban J connectivity index is 3.06. The maximum atomic E-state index is 12.3. The van der Waals surface area contributed by atoms with Gasteiger partial charge >= 0.3 is 0 Å². The lowest BCUT2D eigenvalue weighted by atomic mass is 10.2. The molecule has 0 aliphatic heterocycles. The number of benzene rings is 1. The van der Waals surface area contributed by atoms with Crippen LogP contribution in [0.15, 0.2) is 23.1 Å². The Kier molecular flexibility index (Phi) is 5.92. The van der Waals surface area contributed by atoms with Crippen molar-refractivity contribution in [2.75, 3.05) is 12.3 Å². The lowest BCUT2D eigenvalue weighted by Crippen LogP contribution is -2.35. The second kappa shape index (κ2) is 6.75. The highest BCUT2D eigenvalue weighted by molar-refractivity contribution is 7.91. The third-order valence-corrected chi connectivity index (χ3v) is 5.39. The van der Waals surface area contributed by atoms with Crippen LogP contribution in [-0.4, -0.2) is 26.8 Å². The van der Waals surface area contributed by atoms with Gasteiger partial charge in [0, 0.05) is 6.04 Å². The van der Waals surface area contributed by atoms with Crippen LogP contribution in [0.3, 0.4) is 0 Å². The lowest BCUT2D eigenvalue weighted by molar-refractivity contribution is 0.534. The molecule has 0 spiro atoms. The number of sulfone groups is 1. The van der Waals surface area contributed by atoms with E-state index in [0.717, 1.165) is 13.0 Å². The Morgan fingerprint density at radius 2 is 1.78 bits per heavy atom. The van der Waals surface area contributed by atoms with Gasteiger partial charge in [0.15, 0.2) is 9.84 Å². The molecule has 0 aromatic heterocycles. The summed E-state index contributed by atoms with van der Waals surface area (Å²) < 4.78 is 24.6. The van der Waals surface area contributed by atoms with E-state index in [9.17, 15) is 8.42 Å². The highest BCUT2D eigenvalue weighted by atomic mass is 35.5. The van der Waals surface area contributed by atoms with E-state index in [0.29, 0.717) is 0 Å². The molecule has 0 bridgehead atoms. The van der Waals surface area contributed by atoms with Gasteiger partial charge in [-0.1, -0.05) is 43.1 Å². The fourth-order valence-electron chi connectivity index (χ4n) is 1.74. The van der Waals surface area contributed by atoms with Crippen LogP contribution in [0.1, 0.15) is 20.3 Å². The Morgan fingerprint density at radius 3 is 2.22 bits per heavy atom. The van der Waals surface area contributed by atoms with Gasteiger partial charge in [-0.05, 0) is 25.1 Å². The zero-order valence-electron chi connectivity index (χ0n) is 10.4. The Bertz CT molecular complexity index is 483. The molecule has 0 heterocycles. The third-order valence-electron chi connectivity index (χ3n) is 2.64. The molecule has 0 amide bonds. The fraction of sp³-hybridized carbons (Fsp3) is 0.500. The van der Waals surface area contributed by atoms with Gasteiger partial charge in [-0.3, -0.25) is 0 Å². The first-order valence-corrected chi connectivity index (χ1v) is 8.23. The van der Waals surface area contributed by atoms with E-state index in [-0.39, 0.29) is 26.7 Å². The van der Waals surface area contributed by atoms with Crippen molar-refractivity contribution in [3.63, 3.8) is 0 Å². The van der Waals surface area contributed by atoms with E-state index in [1.54, 1.807) is 6.07 Å². The van der Waals surface area contributed by atoms with E-state index in [2.05, 4.69) is 5.32 Å². The van der Waals surface area contributed by atoms with Crippen LogP contribution in [0, 0.1) is 0 Å². The molecule has 1 atom stereocenters. The standard InChI is InChI=1S/C12H17Cl2NO2S/c1-3-9(15-4-2)8-18(16,17)12-10(13)6-5-7-11(12)14/h5-7,9,15H,3-4,8H2,1-2H3. The highest BCUT2D eigenvalue weighted by Gasteiger charge is 2.24. The molecule has 102 valence electrons. The van der Waals surface area contributed by atoms with Crippen molar-refractivity contribution < 1.29 is 8.42 Å². The van der Waals surface area contributed by atoms with Crippen molar-refractivity contribution >= 4 is 33.0 Å². The fourth-order valence-corrected chi connectivity index (χ4v) is 4.62. The van der Waals surface area contributed by atoms with Gasteiger partial charge in [0.05, 0.1) is 15.8 Å². The Labute approximate surface area is 118 Å². The molecule has 0 fully saturated rings. The van der Waals surface area contributed by atoms with Crippen molar-refractivity contribution in [1.82, 2.24) is 5.32 Å². The minimum Gasteiger partial charge on any atom is -0.313 e. The summed E-state index contributed by atoms with van der Waals surface area (Å²) in [5, 5.41) is 3.48. The van der Waals surface area contributed by atoms with Gasteiger partial charge in [0.2, 0.25) is 0 Å². The largest absolute Gasteiger partial charge is 0.313 e. The summed E-state index contributed by atoms with van der Waals surface area (Å²) in [6.07, 6.45) is 0.731. The van der Waals surface area contributed by atoms with Crippen molar-refractivity contribution in [1.29, 1.82) is 0 Å². The molecular formula is C12H17Cl2NO2S. The second-order valence-corrected chi connectivity index (χ2v) is 6.78. The SMILES string of the molecule is CCNC(CC)CS(=O)(=O)c1c(Cl)cccc1Cl. The van der Waals surface area contributed by atoms with Crippen LogP contribution in [0.2, 0.25) is 10.0 Å². The average molecular weight is 310 g/mol. The number of halogens is 2. The normalized spacial score (nSPS) is 13.6. The maximum absolute atomic E-state index is 12.3. The van der Waals surface area contributed by atoms with E-state index in [4.69, 9.17) is 23.2 Å². The lowest BCUT2D eigenvalue weighted by Gasteiger charge is -2.17. The van der Waals surface area contributed by atoms with Crippen LogP contribution < -0.4 is 5.32 Å². The molecule has 3 nitrogen and oxygen atoms in total. The topological polar surface area (TPSA) is 46.2 Å². The second-order valence-electron chi connectivity index (χ2n) is 4.00. The molecule has 1 rings (SSSR count). The van der Waals surface area contributed by atoms with Crippen LogP contribution in [0.5, 0.6) is 0 Å². The third kappa shape index (κ3) is 3.85. The van der Waals surface area contributed by atoms with Gasteiger partial charge in [0.1, 0.15) is 4.90 Å². The zero-order chi connectivity index (χ0) is 13.8. The van der Waals surface area contributed by atoms with Gasteiger partial charge in [-0.15, -0.1) is 0 Å².